The van der Waals surface area contributed by atoms with Crippen molar-refractivity contribution in [3.05, 3.63) is 53.5 Å². The Morgan fingerprint density at radius 2 is 1.73 bits per heavy atom. The topological polar surface area (TPSA) is 92.4 Å². The van der Waals surface area contributed by atoms with Crippen LogP contribution in [0.2, 0.25) is 0 Å². The fraction of sp³-hybridized carbons (Fsp3) is 0.538. The molecule has 2 fully saturated rings. The van der Waals surface area contributed by atoms with Crippen molar-refractivity contribution in [3.8, 4) is 0 Å². The predicted octanol–water partition coefficient (Wildman–Crippen LogP) is 3.12. The van der Waals surface area contributed by atoms with E-state index < -0.39 is 5.41 Å². The second kappa shape index (κ2) is 9.12. The first-order chi connectivity index (χ1) is 15.7. The molecular formula is C26H35N5O2. The van der Waals surface area contributed by atoms with Gasteiger partial charge < -0.3 is 15.5 Å². The minimum Gasteiger partial charge on any atom is -0.384 e. The molecule has 0 radical (unpaired) electrons. The second-order valence-corrected chi connectivity index (χ2v) is 10.1. The molecule has 2 amide bonds. The van der Waals surface area contributed by atoms with Gasteiger partial charge in [-0.3, -0.25) is 9.59 Å². The number of likely N-dealkylation sites (tertiary alicyclic amines) is 2. The van der Waals surface area contributed by atoms with Gasteiger partial charge in [0, 0.05) is 44.6 Å². The Kier molecular flexibility index (Phi) is 6.41. The molecule has 0 spiro atoms. The number of amides is 2. The lowest BCUT2D eigenvalue weighted by Crippen LogP contribution is -2.56. The van der Waals surface area contributed by atoms with Gasteiger partial charge in [-0.1, -0.05) is 37.3 Å². The highest BCUT2D eigenvalue weighted by Crippen LogP contribution is 2.40. The van der Waals surface area contributed by atoms with Gasteiger partial charge in [0.05, 0.1) is 11.1 Å². The van der Waals surface area contributed by atoms with E-state index in [1.54, 1.807) is 6.92 Å². The van der Waals surface area contributed by atoms with Crippen molar-refractivity contribution in [2.75, 3.05) is 31.9 Å². The maximum Gasteiger partial charge on any atom is 0.229 e. The van der Waals surface area contributed by atoms with Crippen LogP contribution in [0.1, 0.15) is 56.6 Å². The van der Waals surface area contributed by atoms with Gasteiger partial charge in [-0.2, -0.15) is 0 Å². The van der Waals surface area contributed by atoms with Crippen molar-refractivity contribution in [2.45, 2.75) is 58.3 Å². The zero-order valence-electron chi connectivity index (χ0n) is 20.0. The number of nitrogens with zero attached hydrogens (tertiary/aromatic N) is 4. The Hall–Kier alpha value is -2.96. The molecule has 1 aromatic heterocycles. The van der Waals surface area contributed by atoms with Crippen molar-refractivity contribution in [1.29, 1.82) is 0 Å². The van der Waals surface area contributed by atoms with E-state index >= 15 is 0 Å². The van der Waals surface area contributed by atoms with Crippen LogP contribution in [0.5, 0.6) is 0 Å². The summed E-state index contributed by atoms with van der Waals surface area (Å²) in [7, 11) is 0. The third-order valence-corrected chi connectivity index (χ3v) is 7.46. The smallest absolute Gasteiger partial charge is 0.229 e. The van der Waals surface area contributed by atoms with Crippen molar-refractivity contribution in [1.82, 2.24) is 19.8 Å². The van der Waals surface area contributed by atoms with Gasteiger partial charge in [0.1, 0.15) is 11.6 Å². The standard InChI is InChI=1S/C26H35N5O2/c1-19-28-22(16-23(27)29-19)25(3)10-7-13-31(18-25)24(33)26(17-21-8-5-4-6-9-21)11-14-30(15-12-26)20(2)32/h4-6,8-9,16H,7,10-15,17-18H2,1-3H3,(H2,27,28,29)/t25-/m0/s1. The van der Waals surface area contributed by atoms with Gasteiger partial charge >= 0.3 is 0 Å². The van der Waals surface area contributed by atoms with Crippen LogP contribution < -0.4 is 5.73 Å². The molecule has 7 nitrogen and oxygen atoms in total. The molecule has 176 valence electrons. The van der Waals surface area contributed by atoms with E-state index in [9.17, 15) is 9.59 Å². The summed E-state index contributed by atoms with van der Waals surface area (Å²) in [6, 6.07) is 12.1. The predicted molar refractivity (Wildman–Crippen MR) is 128 cm³/mol. The summed E-state index contributed by atoms with van der Waals surface area (Å²) in [5.74, 6) is 1.42. The van der Waals surface area contributed by atoms with Crippen molar-refractivity contribution in [2.24, 2.45) is 5.41 Å². The van der Waals surface area contributed by atoms with E-state index in [-0.39, 0.29) is 17.2 Å². The number of hydrogen-bond acceptors (Lipinski definition) is 5. The fourth-order valence-corrected chi connectivity index (χ4v) is 5.56. The number of aryl methyl sites for hydroxylation is 1. The van der Waals surface area contributed by atoms with E-state index in [1.165, 1.54) is 5.56 Å². The molecule has 4 rings (SSSR count). The summed E-state index contributed by atoms with van der Waals surface area (Å²) in [6.07, 6.45) is 3.95. The van der Waals surface area contributed by atoms with E-state index in [0.29, 0.717) is 50.5 Å². The monoisotopic (exact) mass is 449 g/mol. The first-order valence-electron chi connectivity index (χ1n) is 11.9. The average Bonchev–Trinajstić information content (AvgIpc) is 2.79. The number of hydrogen-bond donors (Lipinski definition) is 1. The summed E-state index contributed by atoms with van der Waals surface area (Å²) in [6.45, 7) is 8.26. The number of nitrogens with two attached hydrogens (primary N) is 1. The summed E-state index contributed by atoms with van der Waals surface area (Å²) in [5, 5.41) is 0. The summed E-state index contributed by atoms with van der Waals surface area (Å²) in [4.78, 5) is 38.9. The highest BCUT2D eigenvalue weighted by atomic mass is 16.2. The number of aromatic nitrogens is 2. The van der Waals surface area contributed by atoms with Gasteiger partial charge in [-0.05, 0) is 44.6 Å². The average molecular weight is 450 g/mol. The number of carbonyl (C=O) groups is 2. The first kappa shape index (κ1) is 23.2. The van der Waals surface area contributed by atoms with Gasteiger partial charge in [-0.25, -0.2) is 9.97 Å². The number of benzene rings is 1. The Balaban J connectivity index is 1.61. The van der Waals surface area contributed by atoms with E-state index in [0.717, 1.165) is 25.1 Å². The van der Waals surface area contributed by atoms with Crippen LogP contribution in [0, 0.1) is 12.3 Å². The Bertz CT molecular complexity index is 996. The van der Waals surface area contributed by atoms with E-state index in [2.05, 4.69) is 29.0 Å². The van der Waals surface area contributed by atoms with Crippen LogP contribution in [0.4, 0.5) is 5.82 Å². The van der Waals surface area contributed by atoms with Crippen LogP contribution >= 0.6 is 0 Å². The molecule has 3 heterocycles. The normalized spacial score (nSPS) is 22.8. The van der Waals surface area contributed by atoms with Crippen molar-refractivity contribution < 1.29 is 9.59 Å². The van der Waals surface area contributed by atoms with Gasteiger partial charge in [0.2, 0.25) is 11.8 Å². The minimum atomic E-state index is -0.494. The van der Waals surface area contributed by atoms with Gasteiger partial charge in [0.25, 0.3) is 0 Å². The highest BCUT2D eigenvalue weighted by molar-refractivity contribution is 5.84. The van der Waals surface area contributed by atoms with Crippen molar-refractivity contribution >= 4 is 17.6 Å². The molecule has 0 saturated carbocycles. The number of nitrogen functional groups attached to an aromatic ring is 1. The molecule has 0 unspecified atom stereocenters. The van der Waals surface area contributed by atoms with E-state index in [4.69, 9.17) is 5.73 Å². The number of anilines is 1. The molecule has 1 aromatic carbocycles. The molecule has 7 heteroatoms. The first-order valence-corrected chi connectivity index (χ1v) is 11.9. The molecule has 0 bridgehead atoms. The van der Waals surface area contributed by atoms with Gasteiger partial charge in [0.15, 0.2) is 0 Å². The summed E-state index contributed by atoms with van der Waals surface area (Å²) >= 11 is 0. The maximum atomic E-state index is 14.2. The lowest BCUT2D eigenvalue weighted by Gasteiger charge is -2.47. The van der Waals surface area contributed by atoms with E-state index in [1.807, 2.05) is 41.0 Å². The van der Waals surface area contributed by atoms with Crippen LogP contribution in [0.25, 0.3) is 0 Å². The molecule has 0 aliphatic carbocycles. The highest BCUT2D eigenvalue weighted by Gasteiger charge is 2.46. The number of carbonyl (C=O) groups excluding carboxylic acids is 2. The van der Waals surface area contributed by atoms with Gasteiger partial charge in [-0.15, -0.1) is 0 Å². The van der Waals surface area contributed by atoms with Crippen molar-refractivity contribution in [3.63, 3.8) is 0 Å². The molecule has 2 aromatic rings. The lowest BCUT2D eigenvalue weighted by molar-refractivity contribution is -0.150. The third-order valence-electron chi connectivity index (χ3n) is 7.46. The van der Waals surface area contributed by atoms with Crippen LogP contribution in [-0.4, -0.2) is 57.8 Å². The fourth-order valence-electron chi connectivity index (χ4n) is 5.56. The molecule has 2 aliphatic rings. The maximum absolute atomic E-state index is 14.2. The molecular weight excluding hydrogens is 414 g/mol. The zero-order valence-corrected chi connectivity index (χ0v) is 20.0. The van der Waals surface area contributed by atoms with Crippen LogP contribution in [-0.2, 0) is 21.4 Å². The third kappa shape index (κ3) is 4.87. The quantitative estimate of drug-likeness (QED) is 0.774. The molecule has 2 N–H and O–H groups in total. The number of piperidine rings is 2. The van der Waals surface area contributed by atoms with Crippen LogP contribution in [0.15, 0.2) is 36.4 Å². The number of rotatable bonds is 4. The summed E-state index contributed by atoms with van der Waals surface area (Å²) in [5.41, 5.74) is 7.34. The Labute approximate surface area is 196 Å². The largest absolute Gasteiger partial charge is 0.384 e. The zero-order chi connectivity index (χ0) is 23.6. The Morgan fingerprint density at radius 3 is 2.36 bits per heavy atom. The summed E-state index contributed by atoms with van der Waals surface area (Å²) < 4.78 is 0. The molecule has 2 aliphatic heterocycles. The lowest BCUT2D eigenvalue weighted by atomic mass is 9.71. The second-order valence-electron chi connectivity index (χ2n) is 10.1. The minimum absolute atomic E-state index is 0.0815. The Morgan fingerprint density at radius 1 is 1.03 bits per heavy atom. The SMILES string of the molecule is CC(=O)N1CCC(Cc2ccccc2)(C(=O)N2CCC[C@](C)(c3cc(N)nc(C)n3)C2)CC1. The van der Waals surface area contributed by atoms with Crippen LogP contribution in [0.3, 0.4) is 0 Å². The molecule has 1 atom stereocenters. The molecule has 33 heavy (non-hydrogen) atoms. The molecule has 2 saturated heterocycles.